The molecular weight excluding hydrogens is 170 g/mol. The average Bonchev–Trinajstić information content (AvgIpc) is 2.48. The third kappa shape index (κ3) is 2.50. The minimum Gasteiger partial charge on any atom is -0.323 e. The largest absolute Gasteiger partial charge is 0.323 e. The van der Waals surface area contributed by atoms with Gasteiger partial charge >= 0.3 is 0 Å². The molecule has 1 spiro atoms. The first-order chi connectivity index (χ1) is 6.81. The van der Waals surface area contributed by atoms with Gasteiger partial charge in [-0.05, 0) is 44.9 Å². The molecule has 2 aliphatic heterocycles. The fourth-order valence-corrected chi connectivity index (χ4v) is 3.55. The van der Waals surface area contributed by atoms with Crippen LogP contribution in [0.5, 0.6) is 0 Å². The SMILES string of the molecule is CC1CCCC[N+]2(CCCCCC2)C1. The monoisotopic (exact) mass is 196 g/mol. The van der Waals surface area contributed by atoms with Crippen LogP contribution < -0.4 is 0 Å². The summed E-state index contributed by atoms with van der Waals surface area (Å²) in [5.74, 6) is 0.982. The maximum absolute atomic E-state index is 2.47. The first kappa shape index (κ1) is 10.5. The van der Waals surface area contributed by atoms with E-state index in [2.05, 4.69) is 6.92 Å². The third-order valence-corrected chi connectivity index (χ3v) is 4.29. The standard InChI is InChI=1S/C13H26N/c1-13-8-4-7-11-14(12-13)9-5-2-3-6-10-14/h13H,2-12H2,1H3/q+1. The fourth-order valence-electron chi connectivity index (χ4n) is 3.55. The van der Waals surface area contributed by atoms with E-state index in [1.807, 2.05) is 0 Å². The van der Waals surface area contributed by atoms with Gasteiger partial charge in [0.25, 0.3) is 0 Å². The molecule has 0 bridgehead atoms. The van der Waals surface area contributed by atoms with E-state index in [1.165, 1.54) is 75.6 Å². The van der Waals surface area contributed by atoms with Crippen LogP contribution in [0.1, 0.15) is 51.9 Å². The summed E-state index contributed by atoms with van der Waals surface area (Å²) >= 11 is 0. The Bertz CT molecular complexity index is 163. The zero-order valence-electron chi connectivity index (χ0n) is 9.80. The van der Waals surface area contributed by atoms with Crippen molar-refractivity contribution in [2.75, 3.05) is 26.2 Å². The van der Waals surface area contributed by atoms with Crippen molar-refractivity contribution in [2.45, 2.75) is 51.9 Å². The Morgan fingerprint density at radius 3 is 2.00 bits per heavy atom. The van der Waals surface area contributed by atoms with Gasteiger partial charge in [0.1, 0.15) is 0 Å². The smallest absolute Gasteiger partial charge is 0.0812 e. The average molecular weight is 196 g/mol. The van der Waals surface area contributed by atoms with Crippen LogP contribution in [0.25, 0.3) is 0 Å². The topological polar surface area (TPSA) is 0 Å². The summed E-state index contributed by atoms with van der Waals surface area (Å²) in [7, 11) is 0. The predicted octanol–water partition coefficient (Wildman–Crippen LogP) is 3.20. The molecule has 1 heteroatoms. The molecule has 2 aliphatic rings. The lowest BCUT2D eigenvalue weighted by atomic mass is 10.1. The van der Waals surface area contributed by atoms with Gasteiger partial charge in [-0.25, -0.2) is 0 Å². The second-order valence-electron chi connectivity index (χ2n) is 5.71. The van der Waals surface area contributed by atoms with Crippen molar-refractivity contribution in [3.8, 4) is 0 Å². The quantitative estimate of drug-likeness (QED) is 0.522. The lowest BCUT2D eigenvalue weighted by molar-refractivity contribution is -0.929. The lowest BCUT2D eigenvalue weighted by Gasteiger charge is -2.38. The van der Waals surface area contributed by atoms with Gasteiger partial charge in [-0.1, -0.05) is 6.92 Å². The molecule has 1 nitrogen and oxygen atoms in total. The van der Waals surface area contributed by atoms with Crippen molar-refractivity contribution in [2.24, 2.45) is 5.92 Å². The zero-order chi connectivity index (χ0) is 9.86. The Labute approximate surface area is 89.1 Å². The van der Waals surface area contributed by atoms with Crippen molar-refractivity contribution in [1.82, 2.24) is 0 Å². The van der Waals surface area contributed by atoms with Crippen LogP contribution in [0.4, 0.5) is 0 Å². The molecular formula is C13H26N+. The molecule has 14 heavy (non-hydrogen) atoms. The Morgan fingerprint density at radius 2 is 1.36 bits per heavy atom. The Morgan fingerprint density at radius 1 is 0.786 bits per heavy atom. The highest BCUT2D eigenvalue weighted by atomic mass is 15.4. The normalized spacial score (nSPS) is 33.6. The van der Waals surface area contributed by atoms with E-state index in [-0.39, 0.29) is 0 Å². The Balaban J connectivity index is 2.02. The van der Waals surface area contributed by atoms with Crippen LogP contribution >= 0.6 is 0 Å². The minimum absolute atomic E-state index is 0.982. The second kappa shape index (κ2) is 4.65. The van der Waals surface area contributed by atoms with Gasteiger partial charge in [-0.15, -0.1) is 0 Å². The molecule has 0 aromatic carbocycles. The van der Waals surface area contributed by atoms with Gasteiger partial charge in [0.2, 0.25) is 0 Å². The van der Waals surface area contributed by atoms with Crippen molar-refractivity contribution in [3.63, 3.8) is 0 Å². The number of rotatable bonds is 0. The van der Waals surface area contributed by atoms with E-state index in [1.54, 1.807) is 0 Å². The van der Waals surface area contributed by atoms with Gasteiger partial charge in [-0.3, -0.25) is 0 Å². The van der Waals surface area contributed by atoms with E-state index in [0.29, 0.717) is 0 Å². The Kier molecular flexibility index (Phi) is 3.48. The van der Waals surface area contributed by atoms with Gasteiger partial charge in [-0.2, -0.15) is 0 Å². The molecule has 0 aliphatic carbocycles. The summed E-state index contributed by atoms with van der Waals surface area (Å²) in [6.07, 6.45) is 10.4. The van der Waals surface area contributed by atoms with Crippen LogP contribution in [-0.4, -0.2) is 30.7 Å². The zero-order valence-corrected chi connectivity index (χ0v) is 9.80. The van der Waals surface area contributed by atoms with Crippen LogP contribution in [0.3, 0.4) is 0 Å². The van der Waals surface area contributed by atoms with Crippen LogP contribution in [-0.2, 0) is 0 Å². The number of hydrogen-bond acceptors (Lipinski definition) is 0. The van der Waals surface area contributed by atoms with E-state index in [0.717, 1.165) is 5.92 Å². The minimum atomic E-state index is 0.982. The van der Waals surface area contributed by atoms with E-state index < -0.39 is 0 Å². The summed E-state index contributed by atoms with van der Waals surface area (Å²) in [4.78, 5) is 0. The summed E-state index contributed by atoms with van der Waals surface area (Å²) < 4.78 is 1.49. The van der Waals surface area contributed by atoms with Gasteiger partial charge < -0.3 is 4.48 Å². The molecule has 0 saturated carbocycles. The maximum Gasteiger partial charge on any atom is 0.0812 e. The molecule has 0 radical (unpaired) electrons. The maximum atomic E-state index is 2.47. The second-order valence-corrected chi connectivity index (χ2v) is 5.71. The summed E-state index contributed by atoms with van der Waals surface area (Å²) in [5.41, 5.74) is 0. The fraction of sp³-hybridized carbons (Fsp3) is 1.00. The molecule has 82 valence electrons. The third-order valence-electron chi connectivity index (χ3n) is 4.29. The summed E-state index contributed by atoms with van der Waals surface area (Å²) in [6.45, 7) is 8.43. The van der Waals surface area contributed by atoms with Crippen LogP contribution in [0, 0.1) is 5.92 Å². The number of nitrogens with zero attached hydrogens (tertiary/aromatic N) is 1. The van der Waals surface area contributed by atoms with Crippen molar-refractivity contribution < 1.29 is 4.48 Å². The first-order valence-corrected chi connectivity index (χ1v) is 6.66. The number of hydrogen-bond donors (Lipinski definition) is 0. The lowest BCUT2D eigenvalue weighted by Crippen LogP contribution is -2.50. The molecule has 1 atom stereocenters. The molecule has 2 saturated heterocycles. The molecule has 0 aromatic rings. The molecule has 2 rings (SSSR count). The molecule has 0 N–H and O–H groups in total. The molecule has 2 heterocycles. The van der Waals surface area contributed by atoms with Crippen LogP contribution in [0.2, 0.25) is 0 Å². The molecule has 0 amide bonds. The summed E-state index contributed by atoms with van der Waals surface area (Å²) in [6, 6.07) is 0. The highest BCUT2D eigenvalue weighted by Crippen LogP contribution is 2.26. The van der Waals surface area contributed by atoms with Gasteiger partial charge in [0.05, 0.1) is 26.2 Å². The summed E-state index contributed by atoms with van der Waals surface area (Å²) in [5, 5.41) is 0. The highest BCUT2D eigenvalue weighted by molar-refractivity contribution is 4.62. The van der Waals surface area contributed by atoms with E-state index in [9.17, 15) is 0 Å². The van der Waals surface area contributed by atoms with Crippen molar-refractivity contribution >= 4 is 0 Å². The van der Waals surface area contributed by atoms with Gasteiger partial charge in [0.15, 0.2) is 0 Å². The van der Waals surface area contributed by atoms with E-state index >= 15 is 0 Å². The van der Waals surface area contributed by atoms with Crippen LogP contribution in [0.15, 0.2) is 0 Å². The molecule has 1 unspecified atom stereocenters. The predicted molar refractivity (Wildman–Crippen MR) is 61.2 cm³/mol. The van der Waals surface area contributed by atoms with Gasteiger partial charge in [0, 0.05) is 5.92 Å². The highest BCUT2D eigenvalue weighted by Gasteiger charge is 2.31. The first-order valence-electron chi connectivity index (χ1n) is 6.66. The Hall–Kier alpha value is -0.0400. The van der Waals surface area contributed by atoms with E-state index in [4.69, 9.17) is 0 Å². The van der Waals surface area contributed by atoms with Crippen molar-refractivity contribution in [1.29, 1.82) is 0 Å². The molecule has 0 aromatic heterocycles. The molecule has 2 fully saturated rings. The number of quaternary nitrogens is 1. The van der Waals surface area contributed by atoms with Crippen molar-refractivity contribution in [3.05, 3.63) is 0 Å².